The Morgan fingerprint density at radius 3 is 2.30 bits per heavy atom. The van der Waals surface area contributed by atoms with Crippen molar-refractivity contribution in [2.75, 3.05) is 33.9 Å². The van der Waals surface area contributed by atoms with Crippen molar-refractivity contribution in [3.63, 3.8) is 0 Å². The second-order valence-corrected chi connectivity index (χ2v) is 7.54. The maximum absolute atomic E-state index is 12.0. The van der Waals surface area contributed by atoms with Crippen LogP contribution in [0.1, 0.15) is 36.5 Å². The van der Waals surface area contributed by atoms with Crippen molar-refractivity contribution in [3.05, 3.63) is 29.8 Å². The Morgan fingerprint density at radius 2 is 1.74 bits per heavy atom. The van der Waals surface area contributed by atoms with Gasteiger partial charge in [-0.1, -0.05) is 13.3 Å². The van der Waals surface area contributed by atoms with Gasteiger partial charge in [-0.2, -0.15) is 0 Å². The molecule has 0 saturated carbocycles. The van der Waals surface area contributed by atoms with Gasteiger partial charge in [-0.3, -0.25) is 4.79 Å². The third-order valence-electron chi connectivity index (χ3n) is 3.29. The molecule has 0 saturated heterocycles. The Labute approximate surface area is 138 Å². The number of rotatable bonds is 10. The summed E-state index contributed by atoms with van der Waals surface area (Å²) in [5, 5.41) is 2.79. The van der Waals surface area contributed by atoms with Gasteiger partial charge in [0.2, 0.25) is 10.0 Å². The fraction of sp³-hybridized carbons (Fsp3) is 0.562. The lowest BCUT2D eigenvalue weighted by Gasteiger charge is -2.11. The quantitative estimate of drug-likeness (QED) is 0.659. The average Bonchev–Trinajstić information content (AvgIpc) is 2.53. The molecule has 0 aliphatic carbocycles. The fourth-order valence-electron chi connectivity index (χ4n) is 1.82. The summed E-state index contributed by atoms with van der Waals surface area (Å²) in [6, 6.07) is 5.92. The number of amides is 1. The van der Waals surface area contributed by atoms with Crippen molar-refractivity contribution < 1.29 is 17.9 Å². The van der Waals surface area contributed by atoms with Crippen LogP contribution < -0.4 is 5.32 Å². The van der Waals surface area contributed by atoms with E-state index in [-0.39, 0.29) is 10.8 Å². The molecule has 130 valence electrons. The highest BCUT2D eigenvalue weighted by Gasteiger charge is 2.17. The maximum atomic E-state index is 12.0. The van der Waals surface area contributed by atoms with E-state index in [9.17, 15) is 13.2 Å². The van der Waals surface area contributed by atoms with E-state index < -0.39 is 10.0 Å². The molecule has 0 fully saturated rings. The summed E-state index contributed by atoms with van der Waals surface area (Å²) < 4.78 is 30.4. The van der Waals surface area contributed by atoms with E-state index in [1.165, 1.54) is 38.4 Å². The lowest BCUT2D eigenvalue weighted by molar-refractivity contribution is 0.0940. The molecular weight excluding hydrogens is 316 g/mol. The number of hydrogen-bond donors (Lipinski definition) is 1. The van der Waals surface area contributed by atoms with Gasteiger partial charge in [-0.15, -0.1) is 0 Å². The standard InChI is InChI=1S/C16H26N2O4S/c1-4-5-12-22-13-6-11-17-16(19)14-7-9-15(10-8-14)23(20,21)18(2)3/h7-10H,4-6,11-13H2,1-3H3,(H,17,19). The highest BCUT2D eigenvalue weighted by atomic mass is 32.2. The largest absolute Gasteiger partial charge is 0.381 e. The zero-order chi connectivity index (χ0) is 17.3. The lowest BCUT2D eigenvalue weighted by atomic mass is 10.2. The molecular formula is C16H26N2O4S. The number of sulfonamides is 1. The molecule has 0 unspecified atom stereocenters. The Bertz CT molecular complexity index is 583. The zero-order valence-electron chi connectivity index (χ0n) is 14.0. The van der Waals surface area contributed by atoms with Gasteiger partial charge in [0.1, 0.15) is 0 Å². The van der Waals surface area contributed by atoms with Gasteiger partial charge in [-0.05, 0) is 37.1 Å². The van der Waals surface area contributed by atoms with Crippen LogP contribution in [0.3, 0.4) is 0 Å². The van der Waals surface area contributed by atoms with Crippen molar-refractivity contribution in [1.29, 1.82) is 0 Å². The van der Waals surface area contributed by atoms with Gasteiger partial charge in [-0.25, -0.2) is 12.7 Å². The fourth-order valence-corrected chi connectivity index (χ4v) is 2.72. The predicted molar refractivity (Wildman–Crippen MR) is 90.0 cm³/mol. The zero-order valence-corrected chi connectivity index (χ0v) is 14.9. The number of hydrogen-bond acceptors (Lipinski definition) is 4. The summed E-state index contributed by atoms with van der Waals surface area (Å²) in [6.45, 7) is 4.02. The smallest absolute Gasteiger partial charge is 0.251 e. The molecule has 0 bridgehead atoms. The average molecular weight is 342 g/mol. The molecule has 1 rings (SSSR count). The van der Waals surface area contributed by atoms with Crippen molar-refractivity contribution in [2.24, 2.45) is 0 Å². The Kier molecular flexibility index (Phi) is 8.22. The number of unbranched alkanes of at least 4 members (excludes halogenated alkanes) is 1. The van der Waals surface area contributed by atoms with Crippen molar-refractivity contribution in [1.82, 2.24) is 9.62 Å². The van der Waals surface area contributed by atoms with Gasteiger partial charge >= 0.3 is 0 Å². The molecule has 0 heterocycles. The van der Waals surface area contributed by atoms with E-state index in [2.05, 4.69) is 12.2 Å². The topological polar surface area (TPSA) is 75.7 Å². The minimum atomic E-state index is -3.47. The van der Waals surface area contributed by atoms with Gasteiger partial charge in [0.15, 0.2) is 0 Å². The molecule has 1 aromatic rings. The van der Waals surface area contributed by atoms with Crippen molar-refractivity contribution >= 4 is 15.9 Å². The van der Waals surface area contributed by atoms with E-state index in [1.54, 1.807) is 0 Å². The van der Waals surface area contributed by atoms with E-state index in [1.807, 2.05) is 0 Å². The molecule has 0 aromatic heterocycles. The number of carbonyl (C=O) groups is 1. The molecule has 0 atom stereocenters. The summed E-state index contributed by atoms with van der Waals surface area (Å²) in [6.07, 6.45) is 2.91. The molecule has 1 aromatic carbocycles. The van der Waals surface area contributed by atoms with E-state index in [4.69, 9.17) is 4.74 Å². The van der Waals surface area contributed by atoms with E-state index in [0.29, 0.717) is 18.7 Å². The summed E-state index contributed by atoms with van der Waals surface area (Å²) in [7, 11) is -0.525. The summed E-state index contributed by atoms with van der Waals surface area (Å²) in [4.78, 5) is 12.1. The van der Waals surface area contributed by atoms with Crippen LogP contribution in [0, 0.1) is 0 Å². The summed E-state index contributed by atoms with van der Waals surface area (Å²) in [5.41, 5.74) is 0.439. The normalized spacial score (nSPS) is 11.7. The molecule has 7 heteroatoms. The van der Waals surface area contributed by atoms with Gasteiger partial charge in [0.05, 0.1) is 4.90 Å². The minimum Gasteiger partial charge on any atom is -0.381 e. The third kappa shape index (κ3) is 6.29. The van der Waals surface area contributed by atoms with Gasteiger partial charge in [0, 0.05) is 39.4 Å². The Hall–Kier alpha value is -1.44. The summed E-state index contributed by atoms with van der Waals surface area (Å²) >= 11 is 0. The number of nitrogens with one attached hydrogen (secondary N) is 1. The first-order valence-corrected chi connectivity index (χ1v) is 9.22. The molecule has 0 aliphatic heterocycles. The predicted octanol–water partition coefficient (Wildman–Crippen LogP) is 1.87. The van der Waals surface area contributed by atoms with Gasteiger partial charge in [0.25, 0.3) is 5.91 Å². The molecule has 1 N–H and O–H groups in total. The first-order valence-electron chi connectivity index (χ1n) is 7.78. The molecule has 0 aliphatic rings. The Morgan fingerprint density at radius 1 is 1.13 bits per heavy atom. The van der Waals surface area contributed by atoms with E-state index >= 15 is 0 Å². The van der Waals surface area contributed by atoms with Crippen molar-refractivity contribution in [2.45, 2.75) is 31.1 Å². The molecule has 0 radical (unpaired) electrons. The monoisotopic (exact) mass is 342 g/mol. The van der Waals surface area contributed by atoms with Gasteiger partial charge < -0.3 is 10.1 Å². The first kappa shape index (κ1) is 19.6. The first-order chi connectivity index (χ1) is 10.9. The molecule has 1 amide bonds. The highest BCUT2D eigenvalue weighted by molar-refractivity contribution is 7.89. The second-order valence-electron chi connectivity index (χ2n) is 5.39. The van der Waals surface area contributed by atoms with Crippen LogP contribution in [-0.4, -0.2) is 52.5 Å². The highest BCUT2D eigenvalue weighted by Crippen LogP contribution is 2.13. The van der Waals surface area contributed by atoms with Crippen LogP contribution in [0.2, 0.25) is 0 Å². The van der Waals surface area contributed by atoms with Crippen LogP contribution in [0.4, 0.5) is 0 Å². The SMILES string of the molecule is CCCCOCCCNC(=O)c1ccc(S(=O)(=O)N(C)C)cc1. The Balaban J connectivity index is 2.43. The van der Waals surface area contributed by atoms with Crippen molar-refractivity contribution in [3.8, 4) is 0 Å². The van der Waals surface area contributed by atoms with Crippen LogP contribution in [0.25, 0.3) is 0 Å². The number of benzene rings is 1. The second kappa shape index (κ2) is 9.64. The van der Waals surface area contributed by atoms with E-state index in [0.717, 1.165) is 30.2 Å². The number of ether oxygens (including phenoxy) is 1. The molecule has 6 nitrogen and oxygen atoms in total. The number of nitrogens with zero attached hydrogens (tertiary/aromatic N) is 1. The maximum Gasteiger partial charge on any atom is 0.251 e. The van der Waals surface area contributed by atoms with Crippen LogP contribution in [-0.2, 0) is 14.8 Å². The molecule has 0 spiro atoms. The summed E-state index contributed by atoms with van der Waals surface area (Å²) in [5.74, 6) is -0.215. The minimum absolute atomic E-state index is 0.170. The van der Waals surface area contributed by atoms with Crippen LogP contribution >= 0.6 is 0 Å². The lowest BCUT2D eigenvalue weighted by Crippen LogP contribution is -2.25. The van der Waals surface area contributed by atoms with Crippen LogP contribution in [0.15, 0.2) is 29.2 Å². The third-order valence-corrected chi connectivity index (χ3v) is 5.12. The number of carbonyl (C=O) groups excluding carboxylic acids is 1. The molecule has 23 heavy (non-hydrogen) atoms. The van der Waals surface area contributed by atoms with Crippen LogP contribution in [0.5, 0.6) is 0 Å².